The molecule has 2 N–H and O–H groups in total. The highest BCUT2D eigenvalue weighted by molar-refractivity contribution is 5.92. The minimum absolute atomic E-state index is 0.0463. The molecular weight excluding hydrogens is 192 g/mol. The van der Waals surface area contributed by atoms with E-state index >= 15 is 0 Å². The van der Waals surface area contributed by atoms with Crippen LogP contribution in [-0.4, -0.2) is 29.3 Å². The van der Waals surface area contributed by atoms with E-state index in [-0.39, 0.29) is 11.5 Å². The minimum Gasteiger partial charge on any atom is -0.508 e. The van der Waals surface area contributed by atoms with Crippen LogP contribution in [0.2, 0.25) is 0 Å². The molecule has 1 aromatic rings. The summed E-state index contributed by atoms with van der Waals surface area (Å²) in [6, 6.07) is 4.47. The molecule has 76 valence electrons. The number of phenols is 2. The SMILES string of the molecule is Oc1ccc(C=C2C=NC=NC2)c(O)c1. The average molecular weight is 202 g/mol. The molecular formula is C11H10N2O2. The molecule has 0 saturated carbocycles. The highest BCUT2D eigenvalue weighted by Crippen LogP contribution is 2.24. The zero-order valence-electron chi connectivity index (χ0n) is 7.96. The van der Waals surface area contributed by atoms with Crippen molar-refractivity contribution < 1.29 is 10.2 Å². The van der Waals surface area contributed by atoms with Crippen molar-refractivity contribution in [3.8, 4) is 11.5 Å². The van der Waals surface area contributed by atoms with E-state index in [1.807, 2.05) is 0 Å². The first-order chi connectivity index (χ1) is 7.25. The van der Waals surface area contributed by atoms with Crippen molar-refractivity contribution in [1.29, 1.82) is 0 Å². The molecule has 0 fully saturated rings. The Morgan fingerprint density at radius 1 is 1.27 bits per heavy atom. The lowest BCUT2D eigenvalue weighted by atomic mass is 10.1. The Kier molecular flexibility index (Phi) is 2.49. The average Bonchev–Trinajstić information content (AvgIpc) is 2.24. The molecule has 4 heteroatoms. The van der Waals surface area contributed by atoms with Gasteiger partial charge in [0.05, 0.1) is 6.54 Å². The van der Waals surface area contributed by atoms with Crippen LogP contribution in [0.3, 0.4) is 0 Å². The van der Waals surface area contributed by atoms with Crippen LogP contribution in [0.4, 0.5) is 0 Å². The summed E-state index contributed by atoms with van der Waals surface area (Å²) in [6.45, 7) is 0.559. The van der Waals surface area contributed by atoms with Gasteiger partial charge in [-0.1, -0.05) is 0 Å². The number of aliphatic imine (C=N–C) groups is 2. The summed E-state index contributed by atoms with van der Waals surface area (Å²) in [5.74, 6) is 0.0930. The van der Waals surface area contributed by atoms with Crippen LogP contribution in [0.5, 0.6) is 11.5 Å². The van der Waals surface area contributed by atoms with E-state index in [1.54, 1.807) is 18.4 Å². The van der Waals surface area contributed by atoms with Crippen molar-refractivity contribution in [2.75, 3.05) is 6.54 Å². The van der Waals surface area contributed by atoms with Crippen molar-refractivity contribution in [2.45, 2.75) is 0 Å². The third-order valence-electron chi connectivity index (χ3n) is 2.02. The molecule has 15 heavy (non-hydrogen) atoms. The Labute approximate surface area is 86.9 Å². The third kappa shape index (κ3) is 2.22. The van der Waals surface area contributed by atoms with Crippen molar-refractivity contribution >= 4 is 18.6 Å². The monoisotopic (exact) mass is 202 g/mol. The topological polar surface area (TPSA) is 65.2 Å². The number of benzene rings is 1. The molecule has 1 aliphatic heterocycles. The van der Waals surface area contributed by atoms with Gasteiger partial charge in [-0.25, -0.2) is 4.99 Å². The molecule has 4 nitrogen and oxygen atoms in total. The van der Waals surface area contributed by atoms with Gasteiger partial charge in [-0.15, -0.1) is 0 Å². The van der Waals surface area contributed by atoms with E-state index in [2.05, 4.69) is 9.98 Å². The number of hydrogen-bond donors (Lipinski definition) is 2. The molecule has 0 atom stereocenters. The Morgan fingerprint density at radius 3 is 2.80 bits per heavy atom. The lowest BCUT2D eigenvalue weighted by Gasteiger charge is -2.03. The first kappa shape index (κ1) is 9.45. The van der Waals surface area contributed by atoms with Gasteiger partial charge in [-0.05, 0) is 23.8 Å². The Morgan fingerprint density at radius 2 is 2.13 bits per heavy atom. The molecule has 2 rings (SSSR count). The smallest absolute Gasteiger partial charge is 0.126 e. The summed E-state index contributed by atoms with van der Waals surface area (Å²) in [5, 5.41) is 18.6. The summed E-state index contributed by atoms with van der Waals surface area (Å²) in [4.78, 5) is 7.87. The molecule has 1 aliphatic rings. The lowest BCUT2D eigenvalue weighted by molar-refractivity contribution is 0.450. The first-order valence-corrected chi connectivity index (χ1v) is 4.50. The van der Waals surface area contributed by atoms with Gasteiger partial charge in [0.1, 0.15) is 17.8 Å². The Bertz CT molecular complexity index is 462. The zero-order chi connectivity index (χ0) is 10.7. The lowest BCUT2D eigenvalue weighted by Crippen LogP contribution is -1.96. The van der Waals surface area contributed by atoms with E-state index in [4.69, 9.17) is 5.11 Å². The number of phenolic OH excluding ortho intramolecular Hbond substituents is 2. The van der Waals surface area contributed by atoms with Crippen LogP contribution in [-0.2, 0) is 0 Å². The van der Waals surface area contributed by atoms with E-state index in [1.165, 1.54) is 18.5 Å². The van der Waals surface area contributed by atoms with E-state index in [0.717, 1.165) is 5.57 Å². The van der Waals surface area contributed by atoms with Gasteiger partial charge in [0, 0.05) is 17.8 Å². The number of aromatic hydroxyl groups is 2. The second-order valence-corrected chi connectivity index (χ2v) is 3.20. The van der Waals surface area contributed by atoms with Gasteiger partial charge in [0.15, 0.2) is 0 Å². The highest BCUT2D eigenvalue weighted by atomic mass is 16.3. The number of rotatable bonds is 1. The largest absolute Gasteiger partial charge is 0.508 e. The number of hydrogen-bond acceptors (Lipinski definition) is 4. The normalized spacial score (nSPS) is 17.2. The molecule has 0 bridgehead atoms. The molecule has 1 heterocycles. The predicted octanol–water partition coefficient (Wildman–Crippen LogP) is 1.59. The Balaban J connectivity index is 2.31. The van der Waals surface area contributed by atoms with Gasteiger partial charge in [0.25, 0.3) is 0 Å². The van der Waals surface area contributed by atoms with E-state index < -0.39 is 0 Å². The summed E-state index contributed by atoms with van der Waals surface area (Å²) < 4.78 is 0. The highest BCUT2D eigenvalue weighted by Gasteiger charge is 2.02. The van der Waals surface area contributed by atoms with Crippen LogP contribution in [0, 0.1) is 0 Å². The second kappa shape index (κ2) is 3.96. The summed E-state index contributed by atoms with van der Waals surface area (Å²) in [6.07, 6.45) is 4.97. The van der Waals surface area contributed by atoms with Gasteiger partial charge < -0.3 is 10.2 Å². The molecule has 0 radical (unpaired) electrons. The quantitative estimate of drug-likeness (QED) is 0.726. The Hall–Kier alpha value is -2.10. The molecule has 0 saturated heterocycles. The maximum atomic E-state index is 9.53. The summed E-state index contributed by atoms with van der Waals surface area (Å²) >= 11 is 0. The summed E-state index contributed by atoms with van der Waals surface area (Å²) in [5.41, 5.74) is 1.56. The summed E-state index contributed by atoms with van der Waals surface area (Å²) in [7, 11) is 0. The minimum atomic E-state index is 0.0463. The third-order valence-corrected chi connectivity index (χ3v) is 2.02. The molecule has 1 aromatic carbocycles. The molecule has 0 unspecified atom stereocenters. The van der Waals surface area contributed by atoms with Gasteiger partial charge in [-0.2, -0.15) is 0 Å². The standard InChI is InChI=1S/C11H10N2O2/c14-10-2-1-9(11(15)4-10)3-8-5-12-7-13-6-8/h1-5,7,14-15H,6H2. The fourth-order valence-electron chi connectivity index (χ4n) is 1.30. The predicted molar refractivity (Wildman–Crippen MR) is 59.6 cm³/mol. The van der Waals surface area contributed by atoms with Gasteiger partial charge in [-0.3, -0.25) is 4.99 Å². The van der Waals surface area contributed by atoms with Crippen LogP contribution in [0.25, 0.3) is 6.08 Å². The first-order valence-electron chi connectivity index (χ1n) is 4.50. The maximum Gasteiger partial charge on any atom is 0.126 e. The maximum absolute atomic E-state index is 9.53. The van der Waals surface area contributed by atoms with Gasteiger partial charge in [0.2, 0.25) is 0 Å². The molecule has 0 spiro atoms. The second-order valence-electron chi connectivity index (χ2n) is 3.20. The molecule has 0 aliphatic carbocycles. The van der Waals surface area contributed by atoms with Crippen molar-refractivity contribution in [1.82, 2.24) is 0 Å². The number of nitrogens with zero attached hydrogens (tertiary/aromatic N) is 2. The van der Waals surface area contributed by atoms with Crippen molar-refractivity contribution in [2.24, 2.45) is 9.98 Å². The fraction of sp³-hybridized carbons (Fsp3) is 0.0909. The van der Waals surface area contributed by atoms with Crippen LogP contribution < -0.4 is 0 Å². The van der Waals surface area contributed by atoms with Crippen molar-refractivity contribution in [3.63, 3.8) is 0 Å². The van der Waals surface area contributed by atoms with E-state index in [0.29, 0.717) is 12.1 Å². The molecule has 0 aromatic heterocycles. The van der Waals surface area contributed by atoms with E-state index in [9.17, 15) is 5.11 Å². The van der Waals surface area contributed by atoms with Gasteiger partial charge >= 0.3 is 0 Å². The molecule has 0 amide bonds. The van der Waals surface area contributed by atoms with Crippen LogP contribution >= 0.6 is 0 Å². The van der Waals surface area contributed by atoms with Crippen LogP contribution in [0.1, 0.15) is 5.56 Å². The van der Waals surface area contributed by atoms with Crippen molar-refractivity contribution in [3.05, 3.63) is 29.3 Å². The zero-order valence-corrected chi connectivity index (χ0v) is 7.96. The van der Waals surface area contributed by atoms with Crippen LogP contribution in [0.15, 0.2) is 33.8 Å². The fourth-order valence-corrected chi connectivity index (χ4v) is 1.30.